The summed E-state index contributed by atoms with van der Waals surface area (Å²) in [6, 6.07) is 0.392. The molecule has 1 amide bonds. The fourth-order valence-corrected chi connectivity index (χ4v) is 3.24. The topological polar surface area (TPSA) is 50.6 Å². The molecule has 0 N–H and O–H groups in total. The highest BCUT2D eigenvalue weighted by molar-refractivity contribution is 5.80. The van der Waals surface area contributed by atoms with Gasteiger partial charge in [-0.05, 0) is 46.0 Å². The highest BCUT2D eigenvalue weighted by Gasteiger charge is 2.27. The minimum atomic E-state index is -0.309. The maximum Gasteiger partial charge on any atom is 0.251 e. The van der Waals surface area contributed by atoms with Crippen molar-refractivity contribution in [1.29, 1.82) is 0 Å². The fourth-order valence-electron chi connectivity index (χ4n) is 3.24. The zero-order valence-electron chi connectivity index (χ0n) is 15.9. The van der Waals surface area contributed by atoms with Gasteiger partial charge in [-0.1, -0.05) is 0 Å². The van der Waals surface area contributed by atoms with Gasteiger partial charge in [0.05, 0.1) is 12.8 Å². The summed E-state index contributed by atoms with van der Waals surface area (Å²) < 4.78 is 7.76. The maximum absolute atomic E-state index is 12.6. The van der Waals surface area contributed by atoms with E-state index in [-0.39, 0.29) is 12.0 Å². The van der Waals surface area contributed by atoms with Gasteiger partial charge in [-0.25, -0.2) is 0 Å². The third-order valence-electron chi connectivity index (χ3n) is 5.12. The van der Waals surface area contributed by atoms with E-state index < -0.39 is 0 Å². The zero-order valence-corrected chi connectivity index (χ0v) is 15.9. The number of hydrogen-bond donors (Lipinski definition) is 0. The van der Waals surface area contributed by atoms with Gasteiger partial charge >= 0.3 is 0 Å². The summed E-state index contributed by atoms with van der Waals surface area (Å²) in [5.41, 5.74) is 1.25. The summed E-state index contributed by atoms with van der Waals surface area (Å²) in [5, 5.41) is 4.42. The van der Waals surface area contributed by atoms with Crippen LogP contribution < -0.4 is 0 Å². The van der Waals surface area contributed by atoms with E-state index in [1.54, 1.807) is 0 Å². The predicted octanol–water partition coefficient (Wildman–Crippen LogP) is 2.31. The van der Waals surface area contributed by atoms with Gasteiger partial charge in [0.15, 0.2) is 0 Å². The third kappa shape index (κ3) is 5.28. The Labute approximate surface area is 151 Å². The smallest absolute Gasteiger partial charge is 0.251 e. The Kier molecular flexibility index (Phi) is 6.12. The number of aromatic nitrogens is 2. The molecule has 1 aliphatic carbocycles. The number of nitrogens with zero attached hydrogens (tertiary/aromatic N) is 4. The molecule has 0 unspecified atom stereocenters. The Balaban J connectivity index is 1.46. The fraction of sp³-hybridized carbons (Fsp3) is 0.789. The summed E-state index contributed by atoms with van der Waals surface area (Å²) >= 11 is 0. The van der Waals surface area contributed by atoms with Crippen molar-refractivity contribution in [3.63, 3.8) is 0 Å². The van der Waals surface area contributed by atoms with E-state index in [1.165, 1.54) is 18.4 Å². The van der Waals surface area contributed by atoms with Crippen molar-refractivity contribution in [2.45, 2.75) is 58.7 Å². The molecule has 25 heavy (non-hydrogen) atoms. The van der Waals surface area contributed by atoms with E-state index in [2.05, 4.69) is 30.0 Å². The highest BCUT2D eigenvalue weighted by Crippen LogP contribution is 2.29. The first-order valence-corrected chi connectivity index (χ1v) is 9.68. The quantitative estimate of drug-likeness (QED) is 0.759. The molecule has 0 radical (unpaired) electrons. The van der Waals surface area contributed by atoms with Crippen LogP contribution in [0.15, 0.2) is 12.4 Å². The van der Waals surface area contributed by atoms with E-state index in [0.29, 0.717) is 12.0 Å². The standard InChI is InChI=1S/C19H32N4O2/c1-15(2)23-13-18(11-20-23)12-21-7-4-8-22(10-9-21)19(24)16(3)25-14-17-5-6-17/h11,13,15-17H,4-10,12,14H2,1-3H3/t16-/m1/s1. The van der Waals surface area contributed by atoms with Gasteiger partial charge in [0.2, 0.25) is 0 Å². The van der Waals surface area contributed by atoms with Crippen LogP contribution in [0.4, 0.5) is 0 Å². The van der Waals surface area contributed by atoms with Gasteiger partial charge < -0.3 is 9.64 Å². The number of carbonyl (C=O) groups is 1. The zero-order chi connectivity index (χ0) is 17.8. The molecule has 0 aromatic carbocycles. The lowest BCUT2D eigenvalue weighted by Gasteiger charge is -2.24. The lowest BCUT2D eigenvalue weighted by molar-refractivity contribution is -0.142. The van der Waals surface area contributed by atoms with E-state index in [9.17, 15) is 4.79 Å². The molecule has 140 valence electrons. The SMILES string of the molecule is CC(C)n1cc(CN2CCCN(C(=O)[C@@H](C)OCC3CC3)CC2)cn1. The van der Waals surface area contributed by atoms with Crippen LogP contribution in [0.25, 0.3) is 0 Å². The van der Waals surface area contributed by atoms with E-state index in [0.717, 1.165) is 45.8 Å². The summed E-state index contributed by atoms with van der Waals surface area (Å²) in [6.45, 7) is 11.4. The molecular formula is C19H32N4O2. The molecule has 3 rings (SSSR count). The van der Waals surface area contributed by atoms with Crippen molar-refractivity contribution in [2.24, 2.45) is 5.92 Å². The Morgan fingerprint density at radius 2 is 2.04 bits per heavy atom. The van der Waals surface area contributed by atoms with Gasteiger partial charge in [-0.3, -0.25) is 14.4 Å². The van der Waals surface area contributed by atoms with Crippen molar-refractivity contribution in [3.05, 3.63) is 18.0 Å². The number of amides is 1. The molecule has 1 aromatic rings. The van der Waals surface area contributed by atoms with Gasteiger partial charge in [-0.15, -0.1) is 0 Å². The van der Waals surface area contributed by atoms with Gasteiger partial charge in [0.1, 0.15) is 6.10 Å². The van der Waals surface area contributed by atoms with Crippen LogP contribution in [-0.2, 0) is 16.1 Å². The molecule has 0 spiro atoms. The number of ether oxygens (including phenoxy) is 1. The minimum Gasteiger partial charge on any atom is -0.368 e. The molecule has 2 aliphatic rings. The van der Waals surface area contributed by atoms with Gasteiger partial charge in [-0.2, -0.15) is 5.10 Å². The molecule has 2 fully saturated rings. The second-order valence-corrected chi connectivity index (χ2v) is 7.80. The molecule has 1 aromatic heterocycles. The molecule has 1 aliphatic heterocycles. The van der Waals surface area contributed by atoms with Crippen molar-refractivity contribution < 1.29 is 9.53 Å². The lowest BCUT2D eigenvalue weighted by Crippen LogP contribution is -2.41. The van der Waals surface area contributed by atoms with E-state index in [1.807, 2.05) is 22.7 Å². The Morgan fingerprint density at radius 3 is 2.72 bits per heavy atom. The Bertz CT molecular complexity index is 568. The lowest BCUT2D eigenvalue weighted by atomic mass is 10.3. The van der Waals surface area contributed by atoms with Crippen LogP contribution >= 0.6 is 0 Å². The Hall–Kier alpha value is -1.40. The third-order valence-corrected chi connectivity index (χ3v) is 5.12. The minimum absolute atomic E-state index is 0.148. The van der Waals surface area contributed by atoms with Gasteiger partial charge in [0.25, 0.3) is 5.91 Å². The average molecular weight is 348 g/mol. The molecule has 2 heterocycles. The van der Waals surface area contributed by atoms with Crippen LogP contribution in [-0.4, -0.2) is 64.4 Å². The van der Waals surface area contributed by atoms with E-state index in [4.69, 9.17) is 4.74 Å². The summed E-state index contributed by atoms with van der Waals surface area (Å²) in [5.74, 6) is 0.844. The summed E-state index contributed by atoms with van der Waals surface area (Å²) in [7, 11) is 0. The predicted molar refractivity (Wildman–Crippen MR) is 97.2 cm³/mol. The average Bonchev–Trinajstić information content (AvgIpc) is 3.34. The Morgan fingerprint density at radius 1 is 1.24 bits per heavy atom. The molecule has 0 bridgehead atoms. The second kappa shape index (κ2) is 8.32. The van der Waals surface area contributed by atoms with Crippen LogP contribution in [0.2, 0.25) is 0 Å². The summed E-state index contributed by atoms with van der Waals surface area (Å²) in [6.07, 6.45) is 7.31. The maximum atomic E-state index is 12.6. The molecular weight excluding hydrogens is 316 g/mol. The number of hydrogen-bond acceptors (Lipinski definition) is 4. The van der Waals surface area contributed by atoms with E-state index >= 15 is 0 Å². The van der Waals surface area contributed by atoms with Crippen molar-refractivity contribution in [3.8, 4) is 0 Å². The first-order chi connectivity index (χ1) is 12.0. The van der Waals surface area contributed by atoms with Crippen LogP contribution in [0.5, 0.6) is 0 Å². The monoisotopic (exact) mass is 348 g/mol. The number of rotatable bonds is 7. The molecule has 1 atom stereocenters. The van der Waals surface area contributed by atoms with Crippen molar-refractivity contribution >= 4 is 5.91 Å². The van der Waals surface area contributed by atoms with Crippen LogP contribution in [0, 0.1) is 5.92 Å². The summed E-state index contributed by atoms with van der Waals surface area (Å²) in [4.78, 5) is 17.0. The molecule has 1 saturated carbocycles. The van der Waals surface area contributed by atoms with Crippen molar-refractivity contribution in [1.82, 2.24) is 19.6 Å². The molecule has 1 saturated heterocycles. The normalized spacial score (nSPS) is 20.7. The van der Waals surface area contributed by atoms with Gasteiger partial charge in [0, 0.05) is 50.5 Å². The largest absolute Gasteiger partial charge is 0.368 e. The first-order valence-electron chi connectivity index (χ1n) is 9.68. The van der Waals surface area contributed by atoms with Crippen LogP contribution in [0.3, 0.4) is 0 Å². The highest BCUT2D eigenvalue weighted by atomic mass is 16.5. The number of carbonyl (C=O) groups excluding carboxylic acids is 1. The second-order valence-electron chi connectivity index (χ2n) is 7.80. The van der Waals surface area contributed by atoms with Crippen molar-refractivity contribution in [2.75, 3.05) is 32.8 Å². The molecule has 6 nitrogen and oxygen atoms in total. The molecule has 6 heteroatoms. The van der Waals surface area contributed by atoms with Crippen LogP contribution in [0.1, 0.15) is 51.6 Å². The first kappa shape index (κ1) is 18.4.